The Hall–Kier alpha value is -7.42. The fraction of sp³-hybridized carbons (Fsp3) is 0.156. The maximum absolute atomic E-state index is 6.68. The SMILES string of the molecule is CC1(C)c2ccc(C3CCCCC3)cc2-c2cc(N(c3ccc(-c4cccc5c4oc4ccc(-c6ccccc6)cc45)cc3)c3ccc4c(c3)-c3ccccc3C4c3ccccc3)ccc21. The molecule has 0 bridgehead atoms. The molecule has 3 aliphatic carbocycles. The van der Waals surface area contributed by atoms with Gasteiger partial charge in [-0.15, -0.1) is 0 Å². The molecule has 10 aromatic rings. The lowest BCUT2D eigenvalue weighted by atomic mass is 9.80. The average molecular weight is 850 g/mol. The van der Waals surface area contributed by atoms with Crippen molar-refractivity contribution in [2.45, 2.75) is 63.2 Å². The van der Waals surface area contributed by atoms with E-state index in [2.05, 4.69) is 219 Å². The normalized spacial score (nSPS) is 15.9. The smallest absolute Gasteiger partial charge is 0.143 e. The molecule has 1 unspecified atom stereocenters. The summed E-state index contributed by atoms with van der Waals surface area (Å²) in [5.41, 5.74) is 23.5. The lowest BCUT2D eigenvalue weighted by Crippen LogP contribution is -2.15. The Morgan fingerprint density at radius 1 is 0.424 bits per heavy atom. The highest BCUT2D eigenvalue weighted by Crippen LogP contribution is 2.54. The van der Waals surface area contributed by atoms with Gasteiger partial charge in [0.05, 0.1) is 0 Å². The van der Waals surface area contributed by atoms with Crippen molar-refractivity contribution in [1.29, 1.82) is 0 Å². The molecule has 0 amide bonds. The molecule has 66 heavy (non-hydrogen) atoms. The molecule has 9 aromatic carbocycles. The van der Waals surface area contributed by atoms with Crippen molar-refractivity contribution in [2.24, 2.45) is 0 Å². The maximum atomic E-state index is 6.68. The molecule has 1 aromatic heterocycles. The number of para-hydroxylation sites is 1. The van der Waals surface area contributed by atoms with Crippen LogP contribution in [0.4, 0.5) is 17.1 Å². The van der Waals surface area contributed by atoms with Crippen molar-refractivity contribution in [2.75, 3.05) is 4.90 Å². The van der Waals surface area contributed by atoms with Gasteiger partial charge in [0.2, 0.25) is 0 Å². The van der Waals surface area contributed by atoms with E-state index in [1.54, 1.807) is 0 Å². The van der Waals surface area contributed by atoms with E-state index in [0.717, 1.165) is 50.1 Å². The van der Waals surface area contributed by atoms with Gasteiger partial charge in [-0.25, -0.2) is 0 Å². The van der Waals surface area contributed by atoms with Gasteiger partial charge < -0.3 is 9.32 Å². The minimum atomic E-state index is -0.0781. The molecule has 0 saturated heterocycles. The summed E-state index contributed by atoms with van der Waals surface area (Å²) in [7, 11) is 0. The molecule has 0 radical (unpaired) electrons. The lowest BCUT2D eigenvalue weighted by Gasteiger charge is -2.28. The maximum Gasteiger partial charge on any atom is 0.143 e. The molecule has 2 nitrogen and oxygen atoms in total. The summed E-state index contributed by atoms with van der Waals surface area (Å²) < 4.78 is 6.68. The molecule has 1 atom stereocenters. The van der Waals surface area contributed by atoms with Crippen LogP contribution < -0.4 is 4.90 Å². The number of hydrogen-bond acceptors (Lipinski definition) is 2. The van der Waals surface area contributed by atoms with Gasteiger partial charge in [0.15, 0.2) is 0 Å². The molecule has 0 N–H and O–H groups in total. The third-order valence-corrected chi connectivity index (χ3v) is 15.4. The zero-order valence-electron chi connectivity index (χ0n) is 37.6. The van der Waals surface area contributed by atoms with Crippen LogP contribution in [0.2, 0.25) is 0 Å². The number of rotatable bonds is 7. The number of benzene rings is 9. The Bertz CT molecular complexity index is 3480. The van der Waals surface area contributed by atoms with Crippen LogP contribution in [0.5, 0.6) is 0 Å². The molecule has 1 saturated carbocycles. The average Bonchev–Trinajstić information content (AvgIpc) is 3.99. The first-order valence-electron chi connectivity index (χ1n) is 24.0. The van der Waals surface area contributed by atoms with Gasteiger partial charge in [0.25, 0.3) is 0 Å². The van der Waals surface area contributed by atoms with Crippen molar-refractivity contribution >= 4 is 39.0 Å². The fourth-order valence-corrected chi connectivity index (χ4v) is 12.0. The molecular weight excluding hydrogens is 799 g/mol. The van der Waals surface area contributed by atoms with Crippen LogP contribution in [0.25, 0.3) is 66.4 Å². The quantitative estimate of drug-likeness (QED) is 0.159. The van der Waals surface area contributed by atoms with Crippen molar-refractivity contribution in [3.8, 4) is 44.5 Å². The van der Waals surface area contributed by atoms with E-state index in [-0.39, 0.29) is 11.3 Å². The van der Waals surface area contributed by atoms with Gasteiger partial charge in [-0.1, -0.05) is 185 Å². The summed E-state index contributed by atoms with van der Waals surface area (Å²) in [6.45, 7) is 4.81. The molecule has 2 heteroatoms. The molecule has 13 rings (SSSR count). The Morgan fingerprint density at radius 3 is 1.86 bits per heavy atom. The topological polar surface area (TPSA) is 16.4 Å². The second-order valence-corrected chi connectivity index (χ2v) is 19.4. The standard InChI is InChI=1S/C64H51NO/c1-64(2)59-34-27-45(41-15-6-3-7-16-41)37-56(59)57-40-49(32-35-60(57)64)65(48-31-33-53-55(39-48)51-21-12-13-22-52(51)62(53)44-19-10-5-11-20-44)47-29-25-43(26-30-47)50-23-14-24-54-58-38-46(42-17-8-4-9-18-42)28-36-61(58)66-63(50)54/h4-5,8-14,17-41,62H,3,6-7,15-16H2,1-2H3. The highest BCUT2D eigenvalue weighted by Gasteiger charge is 2.37. The molecule has 3 aliphatic rings. The molecule has 1 fully saturated rings. The van der Waals surface area contributed by atoms with Crippen LogP contribution in [-0.4, -0.2) is 0 Å². The van der Waals surface area contributed by atoms with Gasteiger partial charge in [-0.2, -0.15) is 0 Å². The predicted molar refractivity (Wildman–Crippen MR) is 275 cm³/mol. The summed E-state index contributed by atoms with van der Waals surface area (Å²) in [5.74, 6) is 0.850. The Labute approximate surface area is 387 Å². The van der Waals surface area contributed by atoms with Gasteiger partial charge >= 0.3 is 0 Å². The summed E-state index contributed by atoms with van der Waals surface area (Å²) >= 11 is 0. The lowest BCUT2D eigenvalue weighted by molar-refractivity contribution is 0.443. The minimum Gasteiger partial charge on any atom is -0.455 e. The first-order valence-corrected chi connectivity index (χ1v) is 24.0. The Morgan fingerprint density at radius 2 is 1.06 bits per heavy atom. The van der Waals surface area contributed by atoms with E-state index in [9.17, 15) is 0 Å². The van der Waals surface area contributed by atoms with Gasteiger partial charge in [0.1, 0.15) is 11.2 Å². The van der Waals surface area contributed by atoms with E-state index in [4.69, 9.17) is 4.42 Å². The largest absolute Gasteiger partial charge is 0.455 e. The molecule has 318 valence electrons. The van der Waals surface area contributed by atoms with Crippen molar-refractivity contribution in [3.05, 3.63) is 234 Å². The molecule has 1 heterocycles. The second-order valence-electron chi connectivity index (χ2n) is 19.4. The van der Waals surface area contributed by atoms with Crippen LogP contribution >= 0.6 is 0 Å². The first-order chi connectivity index (χ1) is 32.5. The summed E-state index contributed by atoms with van der Waals surface area (Å²) in [5, 5.41) is 2.27. The molecular formula is C64H51NO. The summed E-state index contributed by atoms with van der Waals surface area (Å²) in [6, 6.07) is 74.7. The van der Waals surface area contributed by atoms with Crippen molar-refractivity contribution in [3.63, 3.8) is 0 Å². The van der Waals surface area contributed by atoms with Crippen LogP contribution in [0.15, 0.2) is 205 Å². The summed E-state index contributed by atoms with van der Waals surface area (Å²) in [6.07, 6.45) is 6.63. The van der Waals surface area contributed by atoms with Gasteiger partial charge in [-0.05, 0) is 140 Å². The van der Waals surface area contributed by atoms with E-state index in [1.807, 2.05) is 0 Å². The first kappa shape index (κ1) is 39.0. The Balaban J connectivity index is 0.947. The van der Waals surface area contributed by atoms with E-state index in [0.29, 0.717) is 5.92 Å². The van der Waals surface area contributed by atoms with E-state index < -0.39 is 0 Å². The van der Waals surface area contributed by atoms with Gasteiger partial charge in [-0.3, -0.25) is 0 Å². The number of hydrogen-bond donors (Lipinski definition) is 0. The van der Waals surface area contributed by atoms with Crippen molar-refractivity contribution in [1.82, 2.24) is 0 Å². The third-order valence-electron chi connectivity index (χ3n) is 15.4. The van der Waals surface area contributed by atoms with Gasteiger partial charge in [0, 0.05) is 44.7 Å². The zero-order valence-corrected chi connectivity index (χ0v) is 37.6. The Kier molecular flexibility index (Phi) is 9.07. The number of nitrogens with zero attached hydrogens (tertiary/aromatic N) is 1. The van der Waals surface area contributed by atoms with Crippen LogP contribution in [-0.2, 0) is 5.41 Å². The highest BCUT2D eigenvalue weighted by atomic mass is 16.3. The number of furan rings is 1. The minimum absolute atomic E-state index is 0.0781. The van der Waals surface area contributed by atoms with Crippen molar-refractivity contribution < 1.29 is 4.42 Å². The summed E-state index contributed by atoms with van der Waals surface area (Å²) in [4.78, 5) is 2.48. The fourth-order valence-electron chi connectivity index (χ4n) is 12.0. The zero-order chi connectivity index (χ0) is 43.9. The third kappa shape index (κ3) is 6.22. The molecule has 0 spiro atoms. The predicted octanol–water partition coefficient (Wildman–Crippen LogP) is 17.9. The monoisotopic (exact) mass is 849 g/mol. The van der Waals surface area contributed by atoms with Crippen LogP contribution in [0, 0.1) is 0 Å². The van der Waals surface area contributed by atoms with Crippen LogP contribution in [0.3, 0.4) is 0 Å². The second kappa shape index (κ2) is 15.4. The van der Waals surface area contributed by atoms with E-state index >= 15 is 0 Å². The highest BCUT2D eigenvalue weighted by molar-refractivity contribution is 6.10. The van der Waals surface area contributed by atoms with E-state index in [1.165, 1.54) is 98.9 Å². The number of anilines is 3. The number of fused-ring (bicyclic) bond motifs is 9. The van der Waals surface area contributed by atoms with Crippen LogP contribution in [0.1, 0.15) is 91.2 Å². The molecule has 0 aliphatic heterocycles.